The molecule has 1 amide bonds. The third-order valence-corrected chi connectivity index (χ3v) is 6.50. The monoisotopic (exact) mass is 367 g/mol. The van der Waals surface area contributed by atoms with E-state index in [9.17, 15) is 13.2 Å². The quantitative estimate of drug-likeness (QED) is 0.822. The molecule has 0 spiro atoms. The number of amides is 1. The number of nitrogens with two attached hydrogens (primary N) is 1. The molecule has 0 aliphatic carbocycles. The van der Waals surface area contributed by atoms with Crippen LogP contribution in [0.1, 0.15) is 36.0 Å². The fourth-order valence-corrected chi connectivity index (χ4v) is 5.14. The number of sulfonamides is 1. The Morgan fingerprint density at radius 2 is 2.20 bits per heavy atom. The van der Waals surface area contributed by atoms with Gasteiger partial charge in [0.1, 0.15) is 23.0 Å². The number of nitrogens with zero attached hydrogens (tertiary/aromatic N) is 4. The summed E-state index contributed by atoms with van der Waals surface area (Å²) in [6.45, 7) is 3.96. The van der Waals surface area contributed by atoms with E-state index >= 15 is 0 Å². The van der Waals surface area contributed by atoms with Gasteiger partial charge in [-0.25, -0.2) is 13.4 Å². The molecule has 9 nitrogen and oxygen atoms in total. The summed E-state index contributed by atoms with van der Waals surface area (Å²) in [6.07, 6.45) is 4.78. The number of carbonyl (C=O) groups excluding carboxylic acids is 1. The van der Waals surface area contributed by atoms with E-state index < -0.39 is 15.9 Å². The van der Waals surface area contributed by atoms with E-state index in [1.165, 1.54) is 4.31 Å². The highest BCUT2D eigenvalue weighted by molar-refractivity contribution is 7.89. The minimum absolute atomic E-state index is 0.0302. The molecule has 1 fully saturated rings. The Morgan fingerprint density at radius 1 is 1.44 bits per heavy atom. The molecule has 1 aliphatic heterocycles. The molecular weight excluding hydrogens is 346 g/mol. The van der Waals surface area contributed by atoms with Crippen molar-refractivity contribution >= 4 is 15.9 Å². The highest BCUT2D eigenvalue weighted by Crippen LogP contribution is 2.31. The second-order valence-electron chi connectivity index (χ2n) is 6.24. The second-order valence-corrected chi connectivity index (χ2v) is 8.11. The molecule has 0 radical (unpaired) electrons. The van der Waals surface area contributed by atoms with E-state index in [-0.39, 0.29) is 23.1 Å². The van der Waals surface area contributed by atoms with Crippen LogP contribution in [0.4, 0.5) is 0 Å². The van der Waals surface area contributed by atoms with E-state index in [0.717, 1.165) is 6.42 Å². The van der Waals surface area contributed by atoms with Gasteiger partial charge in [-0.2, -0.15) is 4.31 Å². The molecule has 0 saturated carbocycles. The van der Waals surface area contributed by atoms with Crippen LogP contribution in [0.25, 0.3) is 0 Å². The van der Waals surface area contributed by atoms with Gasteiger partial charge in [-0.05, 0) is 26.7 Å². The minimum atomic E-state index is -3.69. The lowest BCUT2D eigenvalue weighted by atomic mass is 9.99. The molecule has 1 atom stereocenters. The van der Waals surface area contributed by atoms with Gasteiger partial charge >= 0.3 is 0 Å². The van der Waals surface area contributed by atoms with Gasteiger partial charge < -0.3 is 14.8 Å². The van der Waals surface area contributed by atoms with Crippen molar-refractivity contribution in [2.75, 3.05) is 13.1 Å². The molecule has 2 aromatic rings. The van der Waals surface area contributed by atoms with Crippen molar-refractivity contribution < 1.29 is 17.7 Å². The average molecular weight is 367 g/mol. The SMILES string of the molecule is Cc1noc(C)c1S(=O)(=O)N1CCCC(c2nccn2CC(N)=O)C1. The predicted octanol–water partition coefficient (Wildman–Crippen LogP) is 0.542. The molecular formula is C15H21N5O4S. The number of aryl methyl sites for hydroxylation is 2. The van der Waals surface area contributed by atoms with Gasteiger partial charge in [0.25, 0.3) is 0 Å². The van der Waals surface area contributed by atoms with Crippen LogP contribution in [0.3, 0.4) is 0 Å². The summed E-state index contributed by atoms with van der Waals surface area (Å²) in [5.74, 6) is 0.404. The fourth-order valence-electron chi connectivity index (χ4n) is 3.33. The highest BCUT2D eigenvalue weighted by Gasteiger charge is 2.36. The van der Waals surface area contributed by atoms with E-state index in [4.69, 9.17) is 10.3 Å². The number of aromatic nitrogens is 3. The maximum Gasteiger partial charge on any atom is 0.248 e. The lowest BCUT2D eigenvalue weighted by Gasteiger charge is -2.31. The van der Waals surface area contributed by atoms with Gasteiger partial charge in [0, 0.05) is 31.4 Å². The molecule has 3 rings (SSSR count). The van der Waals surface area contributed by atoms with Gasteiger partial charge in [-0.1, -0.05) is 5.16 Å². The molecule has 2 aromatic heterocycles. The number of rotatable bonds is 5. The molecule has 0 aromatic carbocycles. The number of carbonyl (C=O) groups is 1. The summed E-state index contributed by atoms with van der Waals surface area (Å²) in [5.41, 5.74) is 5.62. The van der Waals surface area contributed by atoms with Crippen molar-refractivity contribution in [2.45, 2.75) is 44.0 Å². The molecule has 3 heterocycles. The maximum atomic E-state index is 13.0. The molecule has 10 heteroatoms. The molecule has 2 N–H and O–H groups in total. The topological polar surface area (TPSA) is 124 Å². The third-order valence-electron chi connectivity index (χ3n) is 4.39. The Morgan fingerprint density at radius 3 is 2.84 bits per heavy atom. The van der Waals surface area contributed by atoms with Crippen molar-refractivity contribution in [1.82, 2.24) is 19.0 Å². The van der Waals surface area contributed by atoms with Gasteiger partial charge in [0.05, 0.1) is 0 Å². The fraction of sp³-hybridized carbons (Fsp3) is 0.533. The van der Waals surface area contributed by atoms with Gasteiger partial charge in [0.2, 0.25) is 15.9 Å². The standard InChI is InChI=1S/C15H21N5O4S/c1-10-14(11(2)24-18-10)25(22,23)20-6-3-4-12(8-20)15-17-5-7-19(15)9-13(16)21/h5,7,12H,3-4,6,8-9H2,1-2H3,(H2,16,21). The zero-order chi connectivity index (χ0) is 18.2. The average Bonchev–Trinajstić information content (AvgIpc) is 3.13. The number of primary amides is 1. The first-order valence-electron chi connectivity index (χ1n) is 8.03. The zero-order valence-corrected chi connectivity index (χ0v) is 15.0. The minimum Gasteiger partial charge on any atom is -0.368 e. The molecule has 136 valence electrons. The summed E-state index contributed by atoms with van der Waals surface area (Å²) in [4.78, 5) is 15.6. The summed E-state index contributed by atoms with van der Waals surface area (Å²) >= 11 is 0. The third kappa shape index (κ3) is 3.31. The van der Waals surface area contributed by atoms with Crippen LogP contribution in [0.2, 0.25) is 0 Å². The van der Waals surface area contributed by atoms with Crippen LogP contribution >= 0.6 is 0 Å². The normalized spacial score (nSPS) is 19.2. The summed E-state index contributed by atoms with van der Waals surface area (Å²) < 4.78 is 34.1. The van der Waals surface area contributed by atoms with Crippen molar-refractivity contribution in [1.29, 1.82) is 0 Å². The van der Waals surface area contributed by atoms with Crippen LogP contribution in [0, 0.1) is 13.8 Å². The van der Waals surface area contributed by atoms with Crippen LogP contribution in [0.5, 0.6) is 0 Å². The number of hydrogen-bond acceptors (Lipinski definition) is 6. The lowest BCUT2D eigenvalue weighted by molar-refractivity contribution is -0.118. The highest BCUT2D eigenvalue weighted by atomic mass is 32.2. The predicted molar refractivity (Wildman–Crippen MR) is 88.1 cm³/mol. The van der Waals surface area contributed by atoms with Crippen LogP contribution in [-0.4, -0.2) is 46.4 Å². The van der Waals surface area contributed by atoms with E-state index in [1.54, 1.807) is 30.8 Å². The molecule has 1 aliphatic rings. The zero-order valence-electron chi connectivity index (χ0n) is 14.2. The Bertz CT molecular complexity index is 866. The Balaban J connectivity index is 1.87. The Kier molecular flexibility index (Phi) is 4.65. The first-order chi connectivity index (χ1) is 11.8. The number of piperidine rings is 1. The summed E-state index contributed by atoms with van der Waals surface area (Å²) in [5, 5.41) is 3.74. The molecule has 1 unspecified atom stereocenters. The maximum absolute atomic E-state index is 13.0. The van der Waals surface area contributed by atoms with Crippen molar-refractivity contribution in [3.05, 3.63) is 29.7 Å². The molecule has 25 heavy (non-hydrogen) atoms. The van der Waals surface area contributed by atoms with Crippen molar-refractivity contribution in [2.24, 2.45) is 5.73 Å². The number of imidazole rings is 1. The van der Waals surface area contributed by atoms with Crippen molar-refractivity contribution in [3.8, 4) is 0 Å². The molecule has 0 bridgehead atoms. The smallest absolute Gasteiger partial charge is 0.248 e. The number of hydrogen-bond donors (Lipinski definition) is 1. The van der Waals surface area contributed by atoms with Gasteiger partial charge in [-0.3, -0.25) is 4.79 Å². The van der Waals surface area contributed by atoms with Gasteiger partial charge in [0.15, 0.2) is 5.76 Å². The Labute approximate surface area is 145 Å². The largest absolute Gasteiger partial charge is 0.368 e. The van der Waals surface area contributed by atoms with E-state index in [2.05, 4.69) is 10.1 Å². The van der Waals surface area contributed by atoms with E-state index in [1.807, 2.05) is 0 Å². The van der Waals surface area contributed by atoms with Crippen LogP contribution < -0.4 is 5.73 Å². The lowest BCUT2D eigenvalue weighted by Crippen LogP contribution is -2.40. The van der Waals surface area contributed by atoms with E-state index in [0.29, 0.717) is 31.0 Å². The molecule has 1 saturated heterocycles. The first kappa shape index (κ1) is 17.6. The van der Waals surface area contributed by atoms with Crippen LogP contribution in [-0.2, 0) is 21.4 Å². The Hall–Kier alpha value is -2.20. The van der Waals surface area contributed by atoms with Crippen LogP contribution in [0.15, 0.2) is 21.8 Å². The first-order valence-corrected chi connectivity index (χ1v) is 9.47. The van der Waals surface area contributed by atoms with Gasteiger partial charge in [-0.15, -0.1) is 0 Å². The van der Waals surface area contributed by atoms with Crippen molar-refractivity contribution in [3.63, 3.8) is 0 Å². The summed E-state index contributed by atoms with van der Waals surface area (Å²) in [7, 11) is -3.69. The second kappa shape index (κ2) is 6.60. The summed E-state index contributed by atoms with van der Waals surface area (Å²) in [6, 6.07) is 0.